The molecular formula is C10H17ClN4OS. The standard InChI is InChI=1S/C10H17ClN4OS/c1-7(17(3)16)4-5-13-9-8(11)6-14-10(12-2)15-9/h6-7H,4-5H2,1-3H3,(H2,12,13,14,15). The second-order valence-electron chi connectivity index (χ2n) is 3.66. The van der Waals surface area contributed by atoms with E-state index in [9.17, 15) is 4.21 Å². The molecule has 0 aliphatic rings. The zero-order valence-electron chi connectivity index (χ0n) is 10.2. The average molecular weight is 277 g/mol. The molecule has 1 rings (SSSR count). The molecule has 1 aromatic heterocycles. The molecule has 0 bridgehead atoms. The summed E-state index contributed by atoms with van der Waals surface area (Å²) in [7, 11) is 0.948. The van der Waals surface area contributed by atoms with Crippen molar-refractivity contribution in [2.75, 3.05) is 30.5 Å². The van der Waals surface area contributed by atoms with Gasteiger partial charge in [-0.3, -0.25) is 4.21 Å². The van der Waals surface area contributed by atoms with Crippen LogP contribution in [-0.2, 0) is 10.8 Å². The summed E-state index contributed by atoms with van der Waals surface area (Å²) in [6, 6.07) is 0. The van der Waals surface area contributed by atoms with Gasteiger partial charge in [0.25, 0.3) is 0 Å². The van der Waals surface area contributed by atoms with Crippen molar-refractivity contribution < 1.29 is 4.21 Å². The highest BCUT2D eigenvalue weighted by Gasteiger charge is 2.07. The van der Waals surface area contributed by atoms with Gasteiger partial charge < -0.3 is 10.6 Å². The van der Waals surface area contributed by atoms with Gasteiger partial charge in [0.05, 0.1) is 6.20 Å². The highest BCUT2D eigenvalue weighted by molar-refractivity contribution is 7.84. The fourth-order valence-electron chi connectivity index (χ4n) is 1.17. The minimum Gasteiger partial charge on any atom is -0.369 e. The van der Waals surface area contributed by atoms with Crippen molar-refractivity contribution in [3.05, 3.63) is 11.2 Å². The van der Waals surface area contributed by atoms with Crippen LogP contribution in [0, 0.1) is 0 Å². The Balaban J connectivity index is 2.54. The Hall–Kier alpha value is -0.880. The Morgan fingerprint density at radius 1 is 1.59 bits per heavy atom. The molecule has 17 heavy (non-hydrogen) atoms. The fraction of sp³-hybridized carbons (Fsp3) is 0.600. The molecule has 96 valence electrons. The lowest BCUT2D eigenvalue weighted by molar-refractivity contribution is 0.672. The van der Waals surface area contributed by atoms with Crippen LogP contribution >= 0.6 is 11.6 Å². The number of aromatic nitrogens is 2. The summed E-state index contributed by atoms with van der Waals surface area (Å²) in [5.41, 5.74) is 0. The van der Waals surface area contributed by atoms with Crippen LogP contribution in [0.2, 0.25) is 5.02 Å². The number of hydrogen-bond donors (Lipinski definition) is 2. The van der Waals surface area contributed by atoms with Crippen LogP contribution in [0.4, 0.5) is 11.8 Å². The second kappa shape index (κ2) is 6.76. The normalized spacial score (nSPS) is 14.1. The average Bonchev–Trinajstić information content (AvgIpc) is 2.31. The van der Waals surface area contributed by atoms with Gasteiger partial charge >= 0.3 is 0 Å². The molecule has 0 amide bonds. The Labute approximate surface area is 109 Å². The van der Waals surface area contributed by atoms with Gasteiger partial charge in [-0.05, 0) is 6.42 Å². The monoisotopic (exact) mass is 276 g/mol. The Morgan fingerprint density at radius 3 is 2.88 bits per heavy atom. The highest BCUT2D eigenvalue weighted by atomic mass is 35.5. The van der Waals surface area contributed by atoms with Crippen molar-refractivity contribution in [3.63, 3.8) is 0 Å². The second-order valence-corrected chi connectivity index (χ2v) is 5.87. The molecule has 7 heteroatoms. The van der Waals surface area contributed by atoms with E-state index in [1.165, 1.54) is 0 Å². The van der Waals surface area contributed by atoms with Crippen molar-refractivity contribution in [1.82, 2.24) is 9.97 Å². The summed E-state index contributed by atoms with van der Waals surface area (Å²) in [5.74, 6) is 1.11. The molecule has 0 saturated carbocycles. The van der Waals surface area contributed by atoms with Crippen LogP contribution in [0.15, 0.2) is 6.20 Å². The summed E-state index contributed by atoms with van der Waals surface area (Å²) >= 11 is 5.96. The van der Waals surface area contributed by atoms with Gasteiger partial charge in [0.15, 0.2) is 0 Å². The van der Waals surface area contributed by atoms with E-state index in [4.69, 9.17) is 11.6 Å². The number of halogens is 1. The SMILES string of the molecule is CNc1ncc(Cl)c(NCCC(C)S(C)=O)n1. The molecule has 0 spiro atoms. The van der Waals surface area contributed by atoms with E-state index >= 15 is 0 Å². The molecule has 0 saturated heterocycles. The van der Waals surface area contributed by atoms with E-state index in [0.717, 1.165) is 6.42 Å². The first-order valence-electron chi connectivity index (χ1n) is 5.31. The largest absolute Gasteiger partial charge is 0.369 e. The van der Waals surface area contributed by atoms with Crippen LogP contribution in [0.25, 0.3) is 0 Å². The van der Waals surface area contributed by atoms with Crippen molar-refractivity contribution in [3.8, 4) is 0 Å². The third-order valence-electron chi connectivity index (χ3n) is 2.38. The molecule has 5 nitrogen and oxygen atoms in total. The van der Waals surface area contributed by atoms with Gasteiger partial charge in [-0.25, -0.2) is 4.98 Å². The summed E-state index contributed by atoms with van der Waals surface area (Å²) in [6.45, 7) is 2.64. The zero-order chi connectivity index (χ0) is 12.8. The number of anilines is 2. The lowest BCUT2D eigenvalue weighted by atomic mass is 10.3. The predicted octanol–water partition coefficient (Wildman–Crippen LogP) is 1.74. The Bertz CT molecular complexity index is 402. The molecule has 0 fully saturated rings. The number of nitrogens with zero attached hydrogens (tertiary/aromatic N) is 2. The van der Waals surface area contributed by atoms with E-state index in [2.05, 4.69) is 20.6 Å². The molecule has 0 radical (unpaired) electrons. The summed E-state index contributed by atoms with van der Waals surface area (Å²) < 4.78 is 11.2. The van der Waals surface area contributed by atoms with Crippen LogP contribution in [0.5, 0.6) is 0 Å². The van der Waals surface area contributed by atoms with E-state index in [1.54, 1.807) is 19.5 Å². The molecule has 2 unspecified atom stereocenters. The van der Waals surface area contributed by atoms with E-state index in [-0.39, 0.29) is 5.25 Å². The molecular weight excluding hydrogens is 260 g/mol. The van der Waals surface area contributed by atoms with E-state index < -0.39 is 10.8 Å². The van der Waals surface area contributed by atoms with Crippen LogP contribution in [0.3, 0.4) is 0 Å². The smallest absolute Gasteiger partial charge is 0.224 e. The van der Waals surface area contributed by atoms with Crippen LogP contribution in [-0.4, -0.2) is 39.3 Å². The quantitative estimate of drug-likeness (QED) is 0.828. The maximum Gasteiger partial charge on any atom is 0.224 e. The van der Waals surface area contributed by atoms with Gasteiger partial charge in [-0.1, -0.05) is 18.5 Å². The first-order chi connectivity index (χ1) is 8.04. The third-order valence-corrected chi connectivity index (χ3v) is 4.02. The first-order valence-corrected chi connectivity index (χ1v) is 7.31. The molecule has 1 heterocycles. The number of hydrogen-bond acceptors (Lipinski definition) is 5. The van der Waals surface area contributed by atoms with Crippen LogP contribution < -0.4 is 10.6 Å². The van der Waals surface area contributed by atoms with Crippen molar-refractivity contribution >= 4 is 34.2 Å². The van der Waals surface area contributed by atoms with E-state index in [0.29, 0.717) is 23.3 Å². The minimum atomic E-state index is -0.798. The fourth-order valence-corrected chi connectivity index (χ4v) is 1.78. The topological polar surface area (TPSA) is 66.9 Å². The maximum absolute atomic E-state index is 11.2. The van der Waals surface area contributed by atoms with Gasteiger partial charge in [-0.2, -0.15) is 4.98 Å². The minimum absolute atomic E-state index is 0.159. The highest BCUT2D eigenvalue weighted by Crippen LogP contribution is 2.19. The van der Waals surface area contributed by atoms with Gasteiger partial charge in [-0.15, -0.1) is 0 Å². The first kappa shape index (κ1) is 14.2. The Kier molecular flexibility index (Phi) is 5.64. The molecule has 0 aromatic carbocycles. The van der Waals surface area contributed by atoms with Crippen LogP contribution in [0.1, 0.15) is 13.3 Å². The molecule has 0 aliphatic carbocycles. The summed E-state index contributed by atoms with van der Waals surface area (Å²) in [4.78, 5) is 8.18. The molecule has 2 atom stereocenters. The predicted molar refractivity (Wildman–Crippen MR) is 73.2 cm³/mol. The van der Waals surface area contributed by atoms with Gasteiger partial charge in [0.1, 0.15) is 10.8 Å². The maximum atomic E-state index is 11.2. The van der Waals surface area contributed by atoms with Crippen molar-refractivity contribution in [2.24, 2.45) is 0 Å². The lowest BCUT2D eigenvalue weighted by Gasteiger charge is -2.11. The summed E-state index contributed by atoms with van der Waals surface area (Å²) in [6.07, 6.45) is 4.06. The zero-order valence-corrected chi connectivity index (χ0v) is 11.7. The number of nitrogens with one attached hydrogen (secondary N) is 2. The van der Waals surface area contributed by atoms with E-state index in [1.807, 2.05) is 6.92 Å². The number of rotatable bonds is 6. The lowest BCUT2D eigenvalue weighted by Crippen LogP contribution is -2.15. The van der Waals surface area contributed by atoms with Crippen molar-refractivity contribution in [1.29, 1.82) is 0 Å². The molecule has 0 aliphatic heterocycles. The van der Waals surface area contributed by atoms with Gasteiger partial charge in [0.2, 0.25) is 5.95 Å². The Morgan fingerprint density at radius 2 is 2.29 bits per heavy atom. The summed E-state index contributed by atoms with van der Waals surface area (Å²) in [5, 5.41) is 6.60. The molecule has 1 aromatic rings. The van der Waals surface area contributed by atoms with Gasteiger partial charge in [0, 0.05) is 35.9 Å². The molecule has 2 N–H and O–H groups in total. The third kappa shape index (κ3) is 4.47. The van der Waals surface area contributed by atoms with Crippen molar-refractivity contribution in [2.45, 2.75) is 18.6 Å².